The molecule has 0 amide bonds. The molecular weight excluding hydrogens is 286 g/mol. The van der Waals surface area contributed by atoms with E-state index in [0.29, 0.717) is 23.8 Å². The van der Waals surface area contributed by atoms with E-state index in [9.17, 15) is 8.42 Å². The zero-order valence-corrected chi connectivity index (χ0v) is 14.7. The fraction of sp³-hybridized carbons (Fsp3) is 0.933. The summed E-state index contributed by atoms with van der Waals surface area (Å²) in [5.74, 6) is 1.76. The molecule has 1 aliphatic rings. The van der Waals surface area contributed by atoms with Gasteiger partial charge in [-0.1, -0.05) is 27.2 Å². The summed E-state index contributed by atoms with van der Waals surface area (Å²) in [6.07, 6.45) is 5.11. The molecule has 0 bridgehead atoms. The standard InChI is InChI=1S/C15H31N3O2S/c1-5-21(19,20)10-9-17-14(16-4)18-12-15(7-6-8-15)11-13(2)3/h13H,5-12H2,1-4H3,(H2,16,17,18). The van der Waals surface area contributed by atoms with Crippen LogP contribution in [0.15, 0.2) is 4.99 Å². The third-order valence-corrected chi connectivity index (χ3v) is 5.96. The lowest BCUT2D eigenvalue weighted by molar-refractivity contribution is 0.104. The van der Waals surface area contributed by atoms with Crippen molar-refractivity contribution in [3.8, 4) is 0 Å². The molecule has 21 heavy (non-hydrogen) atoms. The highest BCUT2D eigenvalue weighted by Gasteiger charge is 2.37. The van der Waals surface area contributed by atoms with Gasteiger partial charge in [0.15, 0.2) is 15.8 Å². The highest BCUT2D eigenvalue weighted by atomic mass is 32.2. The first-order valence-electron chi connectivity index (χ1n) is 7.97. The van der Waals surface area contributed by atoms with Crippen LogP contribution in [0.2, 0.25) is 0 Å². The van der Waals surface area contributed by atoms with Crippen molar-refractivity contribution in [2.24, 2.45) is 16.3 Å². The van der Waals surface area contributed by atoms with Crippen LogP contribution in [0, 0.1) is 11.3 Å². The van der Waals surface area contributed by atoms with Crippen molar-refractivity contribution >= 4 is 15.8 Å². The summed E-state index contributed by atoms with van der Waals surface area (Å²) in [7, 11) is -1.20. The first-order chi connectivity index (χ1) is 9.82. The van der Waals surface area contributed by atoms with Gasteiger partial charge >= 0.3 is 0 Å². The maximum Gasteiger partial charge on any atom is 0.191 e. The molecule has 5 nitrogen and oxygen atoms in total. The molecule has 1 fully saturated rings. The Balaban J connectivity index is 2.37. The molecule has 1 rings (SSSR count). The van der Waals surface area contributed by atoms with E-state index in [4.69, 9.17) is 0 Å². The molecule has 0 aromatic carbocycles. The Labute approximate surface area is 129 Å². The van der Waals surface area contributed by atoms with Crippen LogP contribution in [0.3, 0.4) is 0 Å². The Hall–Kier alpha value is -0.780. The van der Waals surface area contributed by atoms with Crippen molar-refractivity contribution in [2.75, 3.05) is 31.6 Å². The topological polar surface area (TPSA) is 70.6 Å². The maximum atomic E-state index is 11.5. The largest absolute Gasteiger partial charge is 0.356 e. The summed E-state index contributed by atoms with van der Waals surface area (Å²) in [6, 6.07) is 0. The quantitative estimate of drug-likeness (QED) is 0.529. The number of nitrogens with zero attached hydrogens (tertiary/aromatic N) is 1. The highest BCUT2D eigenvalue weighted by Crippen LogP contribution is 2.45. The molecule has 0 unspecified atom stereocenters. The van der Waals surface area contributed by atoms with Gasteiger partial charge in [0.25, 0.3) is 0 Å². The number of sulfone groups is 1. The van der Waals surface area contributed by atoms with Gasteiger partial charge in [-0.05, 0) is 30.6 Å². The second-order valence-electron chi connectivity index (χ2n) is 6.54. The van der Waals surface area contributed by atoms with E-state index in [1.807, 2.05) is 0 Å². The third-order valence-electron chi connectivity index (χ3n) is 4.26. The predicted octanol–water partition coefficient (Wildman–Crippen LogP) is 1.80. The molecule has 0 saturated heterocycles. The summed E-state index contributed by atoms with van der Waals surface area (Å²) >= 11 is 0. The smallest absolute Gasteiger partial charge is 0.191 e. The summed E-state index contributed by atoms with van der Waals surface area (Å²) in [5.41, 5.74) is 0.404. The van der Waals surface area contributed by atoms with E-state index in [0.717, 1.165) is 6.54 Å². The molecule has 0 heterocycles. The van der Waals surface area contributed by atoms with Crippen LogP contribution in [-0.2, 0) is 9.84 Å². The molecule has 0 aromatic heterocycles. The van der Waals surface area contributed by atoms with E-state index in [1.54, 1.807) is 14.0 Å². The maximum absolute atomic E-state index is 11.5. The van der Waals surface area contributed by atoms with E-state index >= 15 is 0 Å². The minimum absolute atomic E-state index is 0.154. The molecular formula is C15H31N3O2S. The minimum atomic E-state index is -2.92. The van der Waals surface area contributed by atoms with Gasteiger partial charge in [0.2, 0.25) is 0 Å². The van der Waals surface area contributed by atoms with Crippen molar-refractivity contribution in [3.05, 3.63) is 0 Å². The van der Waals surface area contributed by atoms with Crippen LogP contribution < -0.4 is 10.6 Å². The Bertz CT molecular complexity index is 440. The zero-order chi connectivity index (χ0) is 15.9. The molecule has 0 radical (unpaired) electrons. The van der Waals surface area contributed by atoms with Gasteiger partial charge in [-0.15, -0.1) is 0 Å². The molecule has 0 spiro atoms. The predicted molar refractivity (Wildman–Crippen MR) is 89.4 cm³/mol. The van der Waals surface area contributed by atoms with Crippen molar-refractivity contribution < 1.29 is 8.42 Å². The van der Waals surface area contributed by atoms with Crippen molar-refractivity contribution in [3.63, 3.8) is 0 Å². The van der Waals surface area contributed by atoms with Crippen LogP contribution in [0.1, 0.15) is 46.5 Å². The summed E-state index contributed by atoms with van der Waals surface area (Å²) in [4.78, 5) is 4.17. The number of nitrogens with one attached hydrogen (secondary N) is 2. The van der Waals surface area contributed by atoms with E-state index in [2.05, 4.69) is 29.5 Å². The lowest BCUT2D eigenvalue weighted by atomic mass is 9.64. The highest BCUT2D eigenvalue weighted by molar-refractivity contribution is 7.91. The van der Waals surface area contributed by atoms with E-state index in [1.165, 1.54) is 25.7 Å². The average molecular weight is 317 g/mol. The third kappa shape index (κ3) is 6.24. The average Bonchev–Trinajstić information content (AvgIpc) is 2.38. The second kappa shape index (κ2) is 8.01. The lowest BCUT2D eigenvalue weighted by Crippen LogP contribution is -2.47. The van der Waals surface area contributed by atoms with E-state index in [-0.39, 0.29) is 11.5 Å². The number of guanidine groups is 1. The zero-order valence-electron chi connectivity index (χ0n) is 13.9. The summed E-state index contributed by atoms with van der Waals surface area (Å²) in [6.45, 7) is 7.54. The number of rotatable bonds is 8. The van der Waals surface area contributed by atoms with E-state index < -0.39 is 9.84 Å². The van der Waals surface area contributed by atoms with Crippen molar-refractivity contribution in [2.45, 2.75) is 46.5 Å². The minimum Gasteiger partial charge on any atom is -0.356 e. The van der Waals surface area contributed by atoms with Gasteiger partial charge in [-0.3, -0.25) is 4.99 Å². The molecule has 1 saturated carbocycles. The van der Waals surface area contributed by atoms with Crippen LogP contribution in [0.4, 0.5) is 0 Å². The summed E-state index contributed by atoms with van der Waals surface area (Å²) in [5, 5.41) is 6.46. The Kier molecular flexibility index (Phi) is 6.97. The fourth-order valence-corrected chi connectivity index (χ4v) is 3.66. The van der Waals surface area contributed by atoms with Crippen LogP contribution in [0.5, 0.6) is 0 Å². The SMILES string of the molecule is CCS(=O)(=O)CCNC(=NC)NCC1(CC(C)C)CCC1. The van der Waals surface area contributed by atoms with Crippen LogP contribution in [-0.4, -0.2) is 46.0 Å². The van der Waals surface area contributed by atoms with Gasteiger partial charge in [0, 0.05) is 25.9 Å². The Morgan fingerprint density at radius 3 is 2.38 bits per heavy atom. The first-order valence-corrected chi connectivity index (χ1v) is 9.79. The van der Waals surface area contributed by atoms with Gasteiger partial charge < -0.3 is 10.6 Å². The number of aliphatic imine (C=N–C) groups is 1. The van der Waals surface area contributed by atoms with Crippen LogP contribution >= 0.6 is 0 Å². The van der Waals surface area contributed by atoms with Gasteiger partial charge in [0.1, 0.15) is 0 Å². The lowest BCUT2D eigenvalue weighted by Gasteiger charge is -2.43. The van der Waals surface area contributed by atoms with Gasteiger partial charge in [-0.2, -0.15) is 0 Å². The molecule has 0 aliphatic heterocycles. The normalized spacial score (nSPS) is 18.4. The molecule has 0 atom stereocenters. The van der Waals surface area contributed by atoms with Gasteiger partial charge in [-0.25, -0.2) is 8.42 Å². The Morgan fingerprint density at radius 1 is 1.29 bits per heavy atom. The van der Waals surface area contributed by atoms with Crippen molar-refractivity contribution in [1.29, 1.82) is 0 Å². The number of hydrogen-bond acceptors (Lipinski definition) is 3. The molecule has 0 aromatic rings. The fourth-order valence-electron chi connectivity index (χ4n) is 2.96. The first kappa shape index (κ1) is 18.3. The van der Waals surface area contributed by atoms with Crippen molar-refractivity contribution in [1.82, 2.24) is 10.6 Å². The second-order valence-corrected chi connectivity index (χ2v) is 9.01. The number of hydrogen-bond donors (Lipinski definition) is 2. The molecule has 2 N–H and O–H groups in total. The van der Waals surface area contributed by atoms with Crippen LogP contribution in [0.25, 0.3) is 0 Å². The molecule has 124 valence electrons. The monoisotopic (exact) mass is 317 g/mol. The molecule has 6 heteroatoms. The summed E-state index contributed by atoms with van der Waals surface area (Å²) < 4.78 is 22.9. The molecule has 1 aliphatic carbocycles. The Morgan fingerprint density at radius 2 is 1.95 bits per heavy atom. The van der Waals surface area contributed by atoms with Gasteiger partial charge in [0.05, 0.1) is 5.75 Å².